The molecule has 5 nitrogen and oxygen atoms in total. The minimum atomic E-state index is -0.196. The van der Waals surface area contributed by atoms with Gasteiger partial charge >= 0.3 is 0 Å². The maximum Gasteiger partial charge on any atom is 0.254 e. The number of thioether (sulfide) groups is 1. The number of carbonyl (C=O) groups is 1. The minimum absolute atomic E-state index is 0.0242. The summed E-state index contributed by atoms with van der Waals surface area (Å²) in [5.41, 5.74) is 3.55. The largest absolute Gasteiger partial charge is 0.486 e. The van der Waals surface area contributed by atoms with Gasteiger partial charge in [0.1, 0.15) is 6.61 Å². The number of rotatable bonds is 6. The molecule has 0 radical (unpaired) electrons. The highest BCUT2D eigenvalue weighted by Crippen LogP contribution is 2.31. The van der Waals surface area contributed by atoms with E-state index in [0.29, 0.717) is 18.7 Å². The van der Waals surface area contributed by atoms with E-state index in [1.165, 1.54) is 0 Å². The number of likely N-dealkylation sites (N-methyl/N-ethyl adjacent to an activating group) is 1. The number of aromatic nitrogens is 1. The average Bonchev–Trinajstić information content (AvgIpc) is 3.25. The third-order valence-electron chi connectivity index (χ3n) is 4.37. The molecule has 2 heterocycles. The van der Waals surface area contributed by atoms with Gasteiger partial charge in [0.05, 0.1) is 23.3 Å². The van der Waals surface area contributed by atoms with Gasteiger partial charge in [-0.1, -0.05) is 24.3 Å². The van der Waals surface area contributed by atoms with Gasteiger partial charge in [0.25, 0.3) is 5.91 Å². The summed E-state index contributed by atoms with van der Waals surface area (Å²) in [7, 11) is 1.80. The van der Waals surface area contributed by atoms with Gasteiger partial charge in [0.2, 0.25) is 0 Å². The summed E-state index contributed by atoms with van der Waals surface area (Å²) in [6.45, 7) is 0.882. The molecule has 1 aliphatic heterocycles. The van der Waals surface area contributed by atoms with Gasteiger partial charge in [0, 0.05) is 23.1 Å². The number of thiazole rings is 1. The summed E-state index contributed by atoms with van der Waals surface area (Å²) >= 11 is 3.21. The molecule has 1 amide bonds. The van der Waals surface area contributed by atoms with Gasteiger partial charge in [-0.25, -0.2) is 4.98 Å². The lowest BCUT2D eigenvalue weighted by Gasteiger charge is -2.29. The van der Waals surface area contributed by atoms with Gasteiger partial charge < -0.3 is 14.4 Å². The number of benzene rings is 2. The fourth-order valence-electron chi connectivity index (χ4n) is 2.98. The van der Waals surface area contributed by atoms with E-state index in [2.05, 4.69) is 4.98 Å². The van der Waals surface area contributed by atoms with Crippen LogP contribution in [0.1, 0.15) is 16.1 Å². The van der Waals surface area contributed by atoms with Crippen molar-refractivity contribution in [1.82, 2.24) is 9.88 Å². The zero-order valence-corrected chi connectivity index (χ0v) is 17.0. The van der Waals surface area contributed by atoms with E-state index in [4.69, 9.17) is 9.47 Å². The molecule has 2 aromatic carbocycles. The molecule has 0 N–H and O–H groups in total. The zero-order chi connectivity index (χ0) is 19.3. The van der Waals surface area contributed by atoms with Crippen molar-refractivity contribution in [2.24, 2.45) is 0 Å². The molecule has 0 spiro atoms. The first-order valence-corrected chi connectivity index (χ1v) is 10.9. The van der Waals surface area contributed by atoms with Crippen molar-refractivity contribution >= 4 is 29.0 Å². The zero-order valence-electron chi connectivity index (χ0n) is 15.4. The van der Waals surface area contributed by atoms with E-state index < -0.39 is 0 Å². The van der Waals surface area contributed by atoms with Crippen LogP contribution >= 0.6 is 23.1 Å². The normalized spacial score (nSPS) is 15.2. The standard InChI is InChI=1S/C21H20N2O3S2/c1-23(10-16-11-25-18-7-3-4-8-19(18)26-16)21(24)17-6-2-5-9-20(17)28-13-15-12-27-14-22-15/h2-9,12,14,16H,10-11,13H2,1H3. The van der Waals surface area contributed by atoms with Gasteiger partial charge in [-0.15, -0.1) is 23.1 Å². The van der Waals surface area contributed by atoms with Crippen LogP contribution in [-0.4, -0.2) is 42.1 Å². The molecule has 0 bridgehead atoms. The molecule has 3 aromatic rings. The van der Waals surface area contributed by atoms with Crippen molar-refractivity contribution in [3.63, 3.8) is 0 Å². The molecular weight excluding hydrogens is 392 g/mol. The fraction of sp³-hybridized carbons (Fsp3) is 0.238. The lowest BCUT2D eigenvalue weighted by atomic mass is 10.2. The lowest BCUT2D eigenvalue weighted by Crippen LogP contribution is -2.41. The molecule has 1 atom stereocenters. The highest BCUT2D eigenvalue weighted by Gasteiger charge is 2.25. The van der Waals surface area contributed by atoms with Crippen LogP contribution in [0.3, 0.4) is 0 Å². The van der Waals surface area contributed by atoms with Crippen molar-refractivity contribution < 1.29 is 14.3 Å². The average molecular weight is 413 g/mol. The van der Waals surface area contributed by atoms with Crippen LogP contribution in [0, 0.1) is 0 Å². The Hall–Kier alpha value is -2.51. The second-order valence-corrected chi connectivity index (χ2v) is 8.18. The number of ether oxygens (including phenoxy) is 2. The molecule has 1 aromatic heterocycles. The molecular formula is C21H20N2O3S2. The number of nitrogens with zero attached hydrogens (tertiary/aromatic N) is 2. The molecule has 1 unspecified atom stereocenters. The second-order valence-electron chi connectivity index (χ2n) is 6.45. The Labute approximate surface area is 172 Å². The highest BCUT2D eigenvalue weighted by molar-refractivity contribution is 7.98. The van der Waals surface area contributed by atoms with Crippen LogP contribution < -0.4 is 9.47 Å². The highest BCUT2D eigenvalue weighted by atomic mass is 32.2. The molecule has 7 heteroatoms. The molecule has 1 aliphatic rings. The van der Waals surface area contributed by atoms with Crippen molar-refractivity contribution in [2.45, 2.75) is 16.8 Å². The van der Waals surface area contributed by atoms with E-state index in [1.54, 1.807) is 35.0 Å². The smallest absolute Gasteiger partial charge is 0.254 e. The van der Waals surface area contributed by atoms with Gasteiger partial charge in [-0.3, -0.25) is 4.79 Å². The van der Waals surface area contributed by atoms with Gasteiger partial charge in [-0.2, -0.15) is 0 Å². The molecule has 0 saturated carbocycles. The SMILES string of the molecule is CN(CC1COc2ccccc2O1)C(=O)c1ccccc1SCc1cscn1. The van der Waals surface area contributed by atoms with Crippen molar-refractivity contribution in [2.75, 3.05) is 20.2 Å². The summed E-state index contributed by atoms with van der Waals surface area (Å²) in [5.74, 6) is 2.19. The summed E-state index contributed by atoms with van der Waals surface area (Å²) in [6, 6.07) is 15.3. The van der Waals surface area contributed by atoms with Crippen molar-refractivity contribution in [3.8, 4) is 11.5 Å². The number of hydrogen-bond donors (Lipinski definition) is 0. The van der Waals surface area contributed by atoms with Gasteiger partial charge in [-0.05, 0) is 24.3 Å². The maximum atomic E-state index is 13.0. The monoisotopic (exact) mass is 412 g/mol. The quantitative estimate of drug-likeness (QED) is 0.564. The van der Waals surface area contributed by atoms with Crippen molar-refractivity contribution in [1.29, 1.82) is 0 Å². The summed E-state index contributed by atoms with van der Waals surface area (Å²) < 4.78 is 11.7. The number of para-hydroxylation sites is 2. The number of amides is 1. The summed E-state index contributed by atoms with van der Waals surface area (Å²) in [4.78, 5) is 20.0. The van der Waals surface area contributed by atoms with Crippen LogP contribution in [-0.2, 0) is 5.75 Å². The van der Waals surface area contributed by atoms with Crippen molar-refractivity contribution in [3.05, 3.63) is 70.7 Å². The summed E-state index contributed by atoms with van der Waals surface area (Å²) in [6.07, 6.45) is -0.196. The topological polar surface area (TPSA) is 51.7 Å². The van der Waals surface area contributed by atoms with E-state index in [0.717, 1.165) is 27.8 Å². The van der Waals surface area contributed by atoms with Crippen LogP contribution in [0.25, 0.3) is 0 Å². The molecule has 0 aliphatic carbocycles. The fourth-order valence-corrected chi connectivity index (χ4v) is 4.59. The Morgan fingerprint density at radius 2 is 2.00 bits per heavy atom. The molecule has 28 heavy (non-hydrogen) atoms. The Balaban J connectivity index is 1.41. The molecule has 0 fully saturated rings. The Morgan fingerprint density at radius 3 is 2.82 bits per heavy atom. The number of hydrogen-bond acceptors (Lipinski definition) is 6. The first-order chi connectivity index (χ1) is 13.7. The summed E-state index contributed by atoms with van der Waals surface area (Å²) in [5, 5.41) is 2.03. The third-order valence-corrected chi connectivity index (χ3v) is 6.11. The maximum absolute atomic E-state index is 13.0. The van der Waals surface area contributed by atoms with E-state index in [-0.39, 0.29) is 12.0 Å². The van der Waals surface area contributed by atoms with E-state index >= 15 is 0 Å². The van der Waals surface area contributed by atoms with Crippen LogP contribution in [0.4, 0.5) is 0 Å². The van der Waals surface area contributed by atoms with Crippen LogP contribution in [0.2, 0.25) is 0 Å². The lowest BCUT2D eigenvalue weighted by molar-refractivity contribution is 0.0519. The Morgan fingerprint density at radius 1 is 1.21 bits per heavy atom. The minimum Gasteiger partial charge on any atom is -0.486 e. The third kappa shape index (κ3) is 4.31. The van der Waals surface area contributed by atoms with E-state index in [1.807, 2.05) is 59.4 Å². The second kappa shape index (κ2) is 8.67. The molecule has 4 rings (SSSR count). The Kier molecular flexibility index (Phi) is 5.83. The Bertz CT molecular complexity index is 946. The van der Waals surface area contributed by atoms with E-state index in [9.17, 15) is 4.79 Å². The first kappa shape index (κ1) is 18.8. The van der Waals surface area contributed by atoms with Crippen LogP contribution in [0.15, 0.2) is 64.3 Å². The number of fused-ring (bicyclic) bond motifs is 1. The van der Waals surface area contributed by atoms with Crippen LogP contribution in [0.5, 0.6) is 11.5 Å². The number of carbonyl (C=O) groups excluding carboxylic acids is 1. The van der Waals surface area contributed by atoms with Gasteiger partial charge in [0.15, 0.2) is 17.6 Å². The first-order valence-electron chi connectivity index (χ1n) is 8.93. The molecule has 0 saturated heterocycles. The predicted octanol–water partition coefficient (Wildman–Crippen LogP) is 4.35. The predicted molar refractivity (Wildman–Crippen MR) is 111 cm³/mol. The molecule has 144 valence electrons.